The van der Waals surface area contributed by atoms with Gasteiger partial charge in [-0.3, -0.25) is 9.89 Å². The largest absolute Gasteiger partial charge is 0.326 e. The zero-order valence-corrected chi connectivity index (χ0v) is 12.1. The van der Waals surface area contributed by atoms with E-state index in [9.17, 15) is 4.79 Å². The number of piperidine rings is 1. The Morgan fingerprint density at radius 1 is 1.29 bits per heavy atom. The third-order valence-corrected chi connectivity index (χ3v) is 3.96. The Morgan fingerprint density at radius 3 is 2.76 bits per heavy atom. The number of carbonyl (C=O) groups excluding carboxylic acids is 1. The van der Waals surface area contributed by atoms with Crippen molar-refractivity contribution in [1.29, 1.82) is 0 Å². The monoisotopic (exact) mass is 284 g/mol. The van der Waals surface area contributed by atoms with Crippen molar-refractivity contribution in [2.45, 2.75) is 25.8 Å². The SMILES string of the molecule is CC1CC(C(=O)Nc2ccc(-c3ccn[nH]3)cc2)CCN1. The molecule has 5 nitrogen and oxygen atoms in total. The fourth-order valence-electron chi connectivity index (χ4n) is 2.76. The van der Waals surface area contributed by atoms with Gasteiger partial charge in [-0.2, -0.15) is 5.10 Å². The lowest BCUT2D eigenvalue weighted by atomic mass is 9.92. The minimum atomic E-state index is 0.105. The first kappa shape index (κ1) is 13.8. The summed E-state index contributed by atoms with van der Waals surface area (Å²) in [4.78, 5) is 12.3. The van der Waals surface area contributed by atoms with E-state index in [1.165, 1.54) is 0 Å². The average Bonchev–Trinajstić information content (AvgIpc) is 3.02. The molecule has 1 aliphatic heterocycles. The van der Waals surface area contributed by atoms with Crippen LogP contribution in [0.5, 0.6) is 0 Å². The highest BCUT2D eigenvalue weighted by molar-refractivity contribution is 5.92. The maximum Gasteiger partial charge on any atom is 0.227 e. The maximum atomic E-state index is 12.3. The predicted molar refractivity (Wildman–Crippen MR) is 82.8 cm³/mol. The highest BCUT2D eigenvalue weighted by atomic mass is 16.1. The van der Waals surface area contributed by atoms with Gasteiger partial charge in [-0.15, -0.1) is 0 Å². The van der Waals surface area contributed by atoms with Crippen molar-refractivity contribution >= 4 is 11.6 Å². The molecule has 0 bridgehead atoms. The van der Waals surface area contributed by atoms with Gasteiger partial charge in [0.05, 0.1) is 5.69 Å². The summed E-state index contributed by atoms with van der Waals surface area (Å²) < 4.78 is 0. The fraction of sp³-hybridized carbons (Fsp3) is 0.375. The van der Waals surface area contributed by atoms with Crippen LogP contribution in [-0.4, -0.2) is 28.7 Å². The molecular formula is C16H20N4O. The Morgan fingerprint density at radius 2 is 2.10 bits per heavy atom. The number of amides is 1. The summed E-state index contributed by atoms with van der Waals surface area (Å²) in [5.41, 5.74) is 2.87. The van der Waals surface area contributed by atoms with Gasteiger partial charge in [0.2, 0.25) is 5.91 Å². The summed E-state index contributed by atoms with van der Waals surface area (Å²) in [6.45, 7) is 3.04. The van der Waals surface area contributed by atoms with Gasteiger partial charge in [-0.05, 0) is 50.1 Å². The van der Waals surface area contributed by atoms with E-state index >= 15 is 0 Å². The van der Waals surface area contributed by atoms with Crippen LogP contribution in [0.1, 0.15) is 19.8 Å². The van der Waals surface area contributed by atoms with Crippen molar-refractivity contribution in [3.8, 4) is 11.3 Å². The van der Waals surface area contributed by atoms with Gasteiger partial charge in [0.15, 0.2) is 0 Å². The molecule has 110 valence electrons. The summed E-state index contributed by atoms with van der Waals surface area (Å²) in [6, 6.07) is 10.2. The smallest absolute Gasteiger partial charge is 0.227 e. The van der Waals surface area contributed by atoms with Gasteiger partial charge in [0.1, 0.15) is 0 Å². The molecule has 1 aromatic heterocycles. The minimum absolute atomic E-state index is 0.105. The quantitative estimate of drug-likeness (QED) is 0.810. The standard InChI is InChI=1S/C16H20N4O/c1-11-10-13(6-8-17-11)16(21)19-14-4-2-12(3-5-14)15-7-9-18-20-15/h2-5,7,9,11,13,17H,6,8,10H2,1H3,(H,18,20)(H,19,21). The van der Waals surface area contributed by atoms with Crippen LogP contribution >= 0.6 is 0 Å². The molecule has 0 radical (unpaired) electrons. The Kier molecular flexibility index (Phi) is 4.01. The predicted octanol–water partition coefficient (Wildman–Crippen LogP) is 2.40. The molecule has 3 N–H and O–H groups in total. The number of hydrogen-bond acceptors (Lipinski definition) is 3. The van der Waals surface area contributed by atoms with E-state index in [0.717, 1.165) is 36.3 Å². The number of carbonyl (C=O) groups is 1. The van der Waals surface area contributed by atoms with Crippen LogP contribution in [0.4, 0.5) is 5.69 Å². The maximum absolute atomic E-state index is 12.3. The second-order valence-electron chi connectivity index (χ2n) is 5.61. The third kappa shape index (κ3) is 3.31. The van der Waals surface area contributed by atoms with E-state index in [1.54, 1.807) is 6.20 Å². The molecule has 1 aromatic carbocycles. The van der Waals surface area contributed by atoms with Crippen LogP contribution in [-0.2, 0) is 4.79 Å². The molecular weight excluding hydrogens is 264 g/mol. The number of aromatic nitrogens is 2. The van der Waals surface area contributed by atoms with E-state index < -0.39 is 0 Å². The number of benzene rings is 1. The van der Waals surface area contributed by atoms with Crippen molar-refractivity contribution in [3.05, 3.63) is 36.5 Å². The normalized spacial score (nSPS) is 22.0. The molecule has 2 atom stereocenters. The molecule has 1 amide bonds. The van der Waals surface area contributed by atoms with Gasteiger partial charge in [-0.1, -0.05) is 12.1 Å². The Hall–Kier alpha value is -2.14. The Bertz CT molecular complexity index is 591. The molecule has 0 spiro atoms. The van der Waals surface area contributed by atoms with Crippen LogP contribution in [0, 0.1) is 5.92 Å². The summed E-state index contributed by atoms with van der Waals surface area (Å²) in [5.74, 6) is 0.228. The molecule has 1 fully saturated rings. The average molecular weight is 284 g/mol. The second kappa shape index (κ2) is 6.10. The van der Waals surface area contributed by atoms with Crippen LogP contribution in [0.3, 0.4) is 0 Å². The molecule has 3 rings (SSSR count). The van der Waals surface area contributed by atoms with Crippen LogP contribution < -0.4 is 10.6 Å². The van der Waals surface area contributed by atoms with Crippen molar-refractivity contribution < 1.29 is 4.79 Å². The molecule has 21 heavy (non-hydrogen) atoms. The fourth-order valence-corrected chi connectivity index (χ4v) is 2.76. The number of anilines is 1. The first-order valence-electron chi connectivity index (χ1n) is 7.36. The van der Waals surface area contributed by atoms with E-state index in [0.29, 0.717) is 6.04 Å². The van der Waals surface area contributed by atoms with Gasteiger partial charge >= 0.3 is 0 Å². The topological polar surface area (TPSA) is 69.8 Å². The molecule has 1 saturated heterocycles. The lowest BCUT2D eigenvalue weighted by Crippen LogP contribution is -2.40. The number of hydrogen-bond donors (Lipinski definition) is 3. The van der Waals surface area contributed by atoms with Crippen LogP contribution in [0.15, 0.2) is 36.5 Å². The zero-order chi connectivity index (χ0) is 14.7. The molecule has 1 aliphatic rings. The number of H-pyrrole nitrogens is 1. The Balaban J connectivity index is 1.63. The van der Waals surface area contributed by atoms with Crippen molar-refractivity contribution in [1.82, 2.24) is 15.5 Å². The van der Waals surface area contributed by atoms with Crippen LogP contribution in [0.25, 0.3) is 11.3 Å². The van der Waals surface area contributed by atoms with Gasteiger partial charge < -0.3 is 10.6 Å². The Labute approximate surface area is 124 Å². The summed E-state index contributed by atoms with van der Waals surface area (Å²) in [6.07, 6.45) is 3.53. The van der Waals surface area contributed by atoms with E-state index in [1.807, 2.05) is 30.3 Å². The summed E-state index contributed by atoms with van der Waals surface area (Å²) in [5, 5.41) is 13.2. The third-order valence-electron chi connectivity index (χ3n) is 3.96. The highest BCUT2D eigenvalue weighted by Crippen LogP contribution is 2.21. The van der Waals surface area contributed by atoms with Crippen molar-refractivity contribution in [2.75, 3.05) is 11.9 Å². The van der Waals surface area contributed by atoms with Crippen molar-refractivity contribution in [2.24, 2.45) is 5.92 Å². The summed E-state index contributed by atoms with van der Waals surface area (Å²) in [7, 11) is 0. The molecule has 2 aromatic rings. The molecule has 2 unspecified atom stereocenters. The second-order valence-corrected chi connectivity index (χ2v) is 5.61. The van der Waals surface area contributed by atoms with Crippen LogP contribution in [0.2, 0.25) is 0 Å². The first-order chi connectivity index (χ1) is 10.2. The zero-order valence-electron chi connectivity index (χ0n) is 12.1. The molecule has 5 heteroatoms. The molecule has 0 aliphatic carbocycles. The van der Waals surface area contributed by atoms with E-state index in [-0.39, 0.29) is 11.8 Å². The number of nitrogens with zero attached hydrogens (tertiary/aromatic N) is 1. The van der Waals surface area contributed by atoms with Gasteiger partial charge in [-0.25, -0.2) is 0 Å². The number of nitrogens with one attached hydrogen (secondary N) is 3. The molecule has 2 heterocycles. The van der Waals surface area contributed by atoms with E-state index in [2.05, 4.69) is 27.8 Å². The first-order valence-corrected chi connectivity index (χ1v) is 7.36. The van der Waals surface area contributed by atoms with Gasteiger partial charge in [0, 0.05) is 23.8 Å². The van der Waals surface area contributed by atoms with Crippen molar-refractivity contribution in [3.63, 3.8) is 0 Å². The lowest BCUT2D eigenvalue weighted by Gasteiger charge is -2.27. The number of aromatic amines is 1. The molecule has 0 saturated carbocycles. The van der Waals surface area contributed by atoms with E-state index in [4.69, 9.17) is 0 Å². The lowest BCUT2D eigenvalue weighted by molar-refractivity contribution is -0.120. The summed E-state index contributed by atoms with van der Waals surface area (Å²) >= 11 is 0. The van der Waals surface area contributed by atoms with Gasteiger partial charge in [0.25, 0.3) is 0 Å². The highest BCUT2D eigenvalue weighted by Gasteiger charge is 2.24. The minimum Gasteiger partial charge on any atom is -0.326 e. The number of rotatable bonds is 3.